The molecule has 92 valence electrons. The number of hydrogen-bond donors (Lipinski definition) is 3. The van der Waals surface area contributed by atoms with Crippen molar-refractivity contribution in [3.05, 3.63) is 0 Å². The quantitative estimate of drug-likeness (QED) is 0.632. The van der Waals surface area contributed by atoms with Crippen LogP contribution < -0.4 is 11.1 Å². The van der Waals surface area contributed by atoms with Gasteiger partial charge in [0.05, 0.1) is 5.92 Å². The number of aliphatic carboxylic acids is 1. The number of carboxylic acid groups (broad SMARTS) is 1. The first kappa shape index (κ1) is 13.0. The number of amides is 1. The summed E-state index contributed by atoms with van der Waals surface area (Å²) in [6.45, 7) is 2.07. The monoisotopic (exact) mass is 228 g/mol. The molecule has 0 spiro atoms. The van der Waals surface area contributed by atoms with E-state index in [4.69, 9.17) is 10.8 Å². The molecular weight excluding hydrogens is 208 g/mol. The zero-order valence-corrected chi connectivity index (χ0v) is 9.61. The lowest BCUT2D eigenvalue weighted by Crippen LogP contribution is -2.32. The average molecular weight is 228 g/mol. The first-order chi connectivity index (χ1) is 7.50. The topological polar surface area (TPSA) is 92.4 Å². The van der Waals surface area contributed by atoms with Crippen molar-refractivity contribution in [2.45, 2.75) is 38.6 Å². The maximum absolute atomic E-state index is 11.6. The normalized spacial score (nSPS) is 26.4. The van der Waals surface area contributed by atoms with E-state index in [1.165, 1.54) is 0 Å². The number of nitrogens with two attached hydrogens (primary N) is 1. The molecule has 0 bridgehead atoms. The molecule has 0 saturated heterocycles. The minimum Gasteiger partial charge on any atom is -0.481 e. The van der Waals surface area contributed by atoms with E-state index >= 15 is 0 Å². The van der Waals surface area contributed by atoms with E-state index in [1.807, 2.05) is 0 Å². The highest BCUT2D eigenvalue weighted by molar-refractivity contribution is 5.79. The third kappa shape index (κ3) is 3.81. The Labute approximate surface area is 95.4 Å². The van der Waals surface area contributed by atoms with Crippen molar-refractivity contribution in [3.8, 4) is 0 Å². The fraction of sp³-hybridized carbons (Fsp3) is 0.818. The molecule has 0 aromatic heterocycles. The zero-order chi connectivity index (χ0) is 12.1. The Hall–Kier alpha value is -1.10. The van der Waals surface area contributed by atoms with Gasteiger partial charge in [-0.1, -0.05) is 6.92 Å². The van der Waals surface area contributed by atoms with Gasteiger partial charge in [-0.3, -0.25) is 9.59 Å². The molecule has 0 aliphatic heterocycles. The summed E-state index contributed by atoms with van der Waals surface area (Å²) in [5.41, 5.74) is 5.72. The summed E-state index contributed by atoms with van der Waals surface area (Å²) in [5.74, 6) is -1.19. The fourth-order valence-electron chi connectivity index (χ4n) is 1.93. The number of rotatable bonds is 5. The second kappa shape index (κ2) is 5.84. The SMILES string of the molecule is CC(CCNC(=O)C1CCC(N)C1)C(=O)O. The van der Waals surface area contributed by atoms with Gasteiger partial charge in [-0.25, -0.2) is 0 Å². The minimum absolute atomic E-state index is 0.0190. The molecule has 1 amide bonds. The first-order valence-corrected chi connectivity index (χ1v) is 5.76. The highest BCUT2D eigenvalue weighted by atomic mass is 16.4. The van der Waals surface area contributed by atoms with E-state index in [0.29, 0.717) is 13.0 Å². The van der Waals surface area contributed by atoms with Gasteiger partial charge in [0.25, 0.3) is 0 Å². The zero-order valence-electron chi connectivity index (χ0n) is 9.61. The third-order valence-corrected chi connectivity index (χ3v) is 3.14. The number of hydrogen-bond acceptors (Lipinski definition) is 3. The molecule has 1 aliphatic carbocycles. The molecule has 0 aromatic rings. The third-order valence-electron chi connectivity index (χ3n) is 3.14. The summed E-state index contributed by atoms with van der Waals surface area (Å²) < 4.78 is 0. The van der Waals surface area contributed by atoms with Crippen LogP contribution >= 0.6 is 0 Å². The van der Waals surface area contributed by atoms with Gasteiger partial charge in [0.2, 0.25) is 5.91 Å². The fourth-order valence-corrected chi connectivity index (χ4v) is 1.93. The van der Waals surface area contributed by atoms with Crippen molar-refractivity contribution < 1.29 is 14.7 Å². The molecule has 0 aromatic carbocycles. The van der Waals surface area contributed by atoms with Gasteiger partial charge in [0.1, 0.15) is 0 Å². The van der Waals surface area contributed by atoms with Crippen molar-refractivity contribution in [2.75, 3.05) is 6.54 Å². The van der Waals surface area contributed by atoms with Crippen LogP contribution in [-0.4, -0.2) is 29.6 Å². The molecule has 4 N–H and O–H groups in total. The number of carbonyl (C=O) groups is 2. The predicted octanol–water partition coefficient (Wildman–Crippen LogP) is 0.341. The van der Waals surface area contributed by atoms with Gasteiger partial charge < -0.3 is 16.2 Å². The van der Waals surface area contributed by atoms with Crippen LogP contribution in [-0.2, 0) is 9.59 Å². The van der Waals surface area contributed by atoms with Crippen LogP contribution in [0.3, 0.4) is 0 Å². The van der Waals surface area contributed by atoms with E-state index in [2.05, 4.69) is 5.32 Å². The van der Waals surface area contributed by atoms with Crippen LogP contribution in [0.2, 0.25) is 0 Å². The molecule has 16 heavy (non-hydrogen) atoms. The van der Waals surface area contributed by atoms with Crippen LogP contribution in [0.25, 0.3) is 0 Å². The Balaban J connectivity index is 2.18. The maximum Gasteiger partial charge on any atom is 0.306 e. The van der Waals surface area contributed by atoms with E-state index < -0.39 is 11.9 Å². The highest BCUT2D eigenvalue weighted by Crippen LogP contribution is 2.23. The van der Waals surface area contributed by atoms with Crippen molar-refractivity contribution >= 4 is 11.9 Å². The first-order valence-electron chi connectivity index (χ1n) is 5.76. The van der Waals surface area contributed by atoms with Crippen LogP contribution in [0.1, 0.15) is 32.6 Å². The van der Waals surface area contributed by atoms with E-state index in [0.717, 1.165) is 19.3 Å². The van der Waals surface area contributed by atoms with Gasteiger partial charge in [0.15, 0.2) is 0 Å². The van der Waals surface area contributed by atoms with Gasteiger partial charge in [0, 0.05) is 18.5 Å². The number of nitrogens with one attached hydrogen (secondary N) is 1. The van der Waals surface area contributed by atoms with Crippen molar-refractivity contribution in [2.24, 2.45) is 17.6 Å². The Morgan fingerprint density at radius 2 is 2.19 bits per heavy atom. The predicted molar refractivity (Wildman–Crippen MR) is 59.7 cm³/mol. The molecule has 5 nitrogen and oxygen atoms in total. The summed E-state index contributed by atoms with van der Waals surface area (Å²) in [5, 5.41) is 11.4. The van der Waals surface area contributed by atoms with Crippen molar-refractivity contribution in [3.63, 3.8) is 0 Å². The molecule has 1 saturated carbocycles. The summed E-state index contributed by atoms with van der Waals surface area (Å²) >= 11 is 0. The molecule has 1 aliphatic rings. The van der Waals surface area contributed by atoms with Crippen molar-refractivity contribution in [1.82, 2.24) is 5.32 Å². The Morgan fingerprint density at radius 1 is 1.50 bits per heavy atom. The van der Waals surface area contributed by atoms with Crippen molar-refractivity contribution in [1.29, 1.82) is 0 Å². The second-order valence-electron chi connectivity index (χ2n) is 4.59. The molecular formula is C11H20N2O3. The lowest BCUT2D eigenvalue weighted by molar-refractivity contribution is -0.141. The Bertz CT molecular complexity index is 268. The molecule has 3 atom stereocenters. The van der Waals surface area contributed by atoms with Crippen LogP contribution in [0.5, 0.6) is 0 Å². The number of carboxylic acids is 1. The largest absolute Gasteiger partial charge is 0.481 e. The Morgan fingerprint density at radius 3 is 2.69 bits per heavy atom. The summed E-state index contributed by atoms with van der Waals surface area (Å²) in [6.07, 6.45) is 2.98. The van der Waals surface area contributed by atoms with Gasteiger partial charge >= 0.3 is 5.97 Å². The molecule has 0 heterocycles. The standard InChI is InChI=1S/C11H20N2O3/c1-7(11(15)16)4-5-13-10(14)8-2-3-9(12)6-8/h7-9H,2-6,12H2,1H3,(H,13,14)(H,15,16). The molecule has 0 radical (unpaired) electrons. The molecule has 1 fully saturated rings. The summed E-state index contributed by atoms with van der Waals surface area (Å²) in [4.78, 5) is 22.2. The smallest absolute Gasteiger partial charge is 0.306 e. The summed E-state index contributed by atoms with van der Waals surface area (Å²) in [7, 11) is 0. The second-order valence-corrected chi connectivity index (χ2v) is 4.59. The van der Waals surface area contributed by atoms with E-state index in [9.17, 15) is 9.59 Å². The van der Waals surface area contributed by atoms with E-state index in [-0.39, 0.29) is 17.9 Å². The lowest BCUT2D eigenvalue weighted by atomic mass is 10.1. The summed E-state index contributed by atoms with van der Waals surface area (Å²) in [6, 6.07) is 0.147. The molecule has 1 rings (SSSR count). The maximum atomic E-state index is 11.6. The number of carbonyl (C=O) groups excluding carboxylic acids is 1. The Kier molecular flexibility index (Phi) is 4.73. The van der Waals surface area contributed by atoms with Crippen LogP contribution in [0.15, 0.2) is 0 Å². The van der Waals surface area contributed by atoms with Crippen LogP contribution in [0, 0.1) is 11.8 Å². The highest BCUT2D eigenvalue weighted by Gasteiger charge is 2.27. The van der Waals surface area contributed by atoms with Gasteiger partial charge in [-0.15, -0.1) is 0 Å². The van der Waals surface area contributed by atoms with Gasteiger partial charge in [-0.05, 0) is 25.7 Å². The average Bonchev–Trinajstić information content (AvgIpc) is 2.64. The molecule has 3 unspecified atom stereocenters. The molecule has 5 heteroatoms. The lowest BCUT2D eigenvalue weighted by Gasteiger charge is -2.11. The van der Waals surface area contributed by atoms with Gasteiger partial charge in [-0.2, -0.15) is 0 Å². The van der Waals surface area contributed by atoms with E-state index in [1.54, 1.807) is 6.92 Å². The minimum atomic E-state index is -0.822. The van der Waals surface area contributed by atoms with Crippen LogP contribution in [0.4, 0.5) is 0 Å².